The van der Waals surface area contributed by atoms with E-state index in [1.165, 1.54) is 11.3 Å². The van der Waals surface area contributed by atoms with Gasteiger partial charge >= 0.3 is 6.09 Å². The number of rotatable bonds is 6. The molecule has 1 aromatic heterocycles. The van der Waals surface area contributed by atoms with E-state index in [1.54, 1.807) is 39.3 Å². The number of hydrogen-bond acceptors (Lipinski definition) is 8. The van der Waals surface area contributed by atoms with E-state index >= 15 is 0 Å². The minimum Gasteiger partial charge on any atom is -0.444 e. The maximum absolute atomic E-state index is 12.9. The Morgan fingerprint density at radius 1 is 1.26 bits per heavy atom. The number of carbonyl (C=O) groups is 3. The summed E-state index contributed by atoms with van der Waals surface area (Å²) in [4.78, 5) is 43.5. The Labute approximate surface area is 211 Å². The van der Waals surface area contributed by atoms with Gasteiger partial charge in [-0.3, -0.25) is 19.8 Å². The first kappa shape index (κ1) is 26.3. The first-order valence-corrected chi connectivity index (χ1v) is 12.7. The monoisotopic (exact) mass is 554 g/mol. The van der Waals surface area contributed by atoms with Gasteiger partial charge in [-0.2, -0.15) is 0 Å². The van der Waals surface area contributed by atoms with Gasteiger partial charge in [-0.05, 0) is 69.1 Å². The fourth-order valence-electron chi connectivity index (χ4n) is 4.05. The van der Waals surface area contributed by atoms with E-state index in [2.05, 4.69) is 41.8 Å². The number of nitrogens with two attached hydrogens (primary N) is 1. The lowest BCUT2D eigenvalue weighted by Crippen LogP contribution is -2.61. The van der Waals surface area contributed by atoms with Crippen LogP contribution in [0.5, 0.6) is 0 Å². The van der Waals surface area contributed by atoms with E-state index in [0.29, 0.717) is 53.4 Å². The Morgan fingerprint density at radius 3 is 2.47 bits per heavy atom. The summed E-state index contributed by atoms with van der Waals surface area (Å²) in [6.07, 6.45) is 4.75. The predicted molar refractivity (Wildman–Crippen MR) is 133 cm³/mol. The molecule has 34 heavy (non-hydrogen) atoms. The quantitative estimate of drug-likeness (QED) is 0.422. The zero-order valence-corrected chi connectivity index (χ0v) is 22.1. The molecule has 0 radical (unpaired) electrons. The number of halogens is 1. The van der Waals surface area contributed by atoms with E-state index < -0.39 is 17.2 Å². The lowest BCUT2D eigenvalue weighted by atomic mass is 9.85. The van der Waals surface area contributed by atoms with Crippen LogP contribution in [0, 0.1) is 0 Å². The van der Waals surface area contributed by atoms with Crippen LogP contribution in [0.2, 0.25) is 0 Å². The highest BCUT2D eigenvalue weighted by atomic mass is 79.9. The Hall–Kier alpha value is -2.28. The minimum absolute atomic E-state index is 0.141. The van der Waals surface area contributed by atoms with Crippen molar-refractivity contribution in [2.45, 2.75) is 57.2 Å². The van der Waals surface area contributed by atoms with Crippen molar-refractivity contribution in [1.29, 1.82) is 0 Å². The highest BCUT2D eigenvalue weighted by molar-refractivity contribution is 9.11. The molecule has 2 aliphatic rings. The summed E-state index contributed by atoms with van der Waals surface area (Å²) in [6, 6.07) is -0.141. The van der Waals surface area contributed by atoms with Gasteiger partial charge in [0.15, 0.2) is 3.92 Å². The number of likely N-dealkylation sites (N-methyl/N-ethyl adjacent to an activating group) is 1. The van der Waals surface area contributed by atoms with Gasteiger partial charge in [0.2, 0.25) is 5.91 Å². The lowest BCUT2D eigenvalue weighted by Gasteiger charge is -2.43. The molecular weight excluding hydrogens is 524 g/mol. The molecule has 0 bridgehead atoms. The molecule has 1 saturated heterocycles. The summed E-state index contributed by atoms with van der Waals surface area (Å²) in [5.74, 6) is -0.698. The van der Waals surface area contributed by atoms with Crippen LogP contribution in [0.4, 0.5) is 4.79 Å². The number of thiazole rings is 1. The van der Waals surface area contributed by atoms with Crippen molar-refractivity contribution in [2.75, 3.05) is 20.1 Å². The summed E-state index contributed by atoms with van der Waals surface area (Å²) < 4.78 is 5.96. The predicted octanol–water partition coefficient (Wildman–Crippen LogP) is 2.24. The molecule has 12 heteroatoms. The molecular formula is C22H31BrN6O4S. The van der Waals surface area contributed by atoms with Gasteiger partial charge in [-0.15, -0.1) is 11.3 Å². The summed E-state index contributed by atoms with van der Waals surface area (Å²) in [6.45, 7) is 6.61. The number of ether oxygens (including phenoxy) is 1. The average molecular weight is 555 g/mol. The second kappa shape index (κ2) is 10.5. The third-order valence-corrected chi connectivity index (χ3v) is 7.25. The van der Waals surface area contributed by atoms with Crippen LogP contribution in [0.1, 0.15) is 50.5 Å². The number of carbonyl (C=O) groups excluding carboxylic acids is 3. The third kappa shape index (κ3) is 6.44. The maximum Gasteiger partial charge on any atom is 0.412 e. The highest BCUT2D eigenvalue weighted by Crippen LogP contribution is 2.28. The molecule has 10 nitrogen and oxygen atoms in total. The number of primary amides is 1. The number of alkyl carbamates (subject to hydrolysis) is 1. The van der Waals surface area contributed by atoms with Gasteiger partial charge in [0, 0.05) is 29.9 Å². The Kier molecular flexibility index (Phi) is 8.17. The van der Waals surface area contributed by atoms with Gasteiger partial charge in [0.1, 0.15) is 11.3 Å². The molecule has 1 aliphatic carbocycles. The maximum atomic E-state index is 12.9. The lowest BCUT2D eigenvalue weighted by molar-refractivity contribution is -0.126. The van der Waals surface area contributed by atoms with E-state index in [0.717, 1.165) is 0 Å². The Bertz CT molecular complexity index is 1010. The van der Waals surface area contributed by atoms with Crippen LogP contribution in [0.3, 0.4) is 0 Å². The van der Waals surface area contributed by atoms with Crippen molar-refractivity contribution in [3.63, 3.8) is 0 Å². The van der Waals surface area contributed by atoms with Crippen LogP contribution >= 0.6 is 27.3 Å². The fourth-order valence-corrected chi connectivity index (χ4v) is 5.04. The molecule has 186 valence electrons. The summed E-state index contributed by atoms with van der Waals surface area (Å²) in [5, 5.41) is 10.5. The van der Waals surface area contributed by atoms with Crippen molar-refractivity contribution in [3.05, 3.63) is 38.5 Å². The standard InChI is InChI=1S/C22H31BrN6O4S/c1-21(2,3)33-20(32)26-13-5-6-16(29-9-7-22(25-4,8-10-29)18(24)31)14(11-13)27-17(30)15-12-34-19(23)28-15/h5,11-12,16,25H,6-10H2,1-4H3,(H2,24,31)(H,26,32)(H,27,30). The molecule has 1 unspecified atom stereocenters. The summed E-state index contributed by atoms with van der Waals surface area (Å²) in [7, 11) is 1.75. The summed E-state index contributed by atoms with van der Waals surface area (Å²) >= 11 is 4.60. The SMILES string of the molecule is CNC1(C(N)=O)CCN(C2CC=C(NC(=O)OC(C)(C)C)C=C2NC(=O)c2csc(Br)n2)CC1. The first-order chi connectivity index (χ1) is 15.9. The van der Waals surface area contributed by atoms with Crippen molar-refractivity contribution < 1.29 is 19.1 Å². The number of amides is 3. The molecule has 1 atom stereocenters. The number of nitrogens with one attached hydrogen (secondary N) is 3. The molecule has 1 fully saturated rings. The molecule has 3 amide bonds. The number of aromatic nitrogens is 1. The number of piperidine rings is 1. The van der Waals surface area contributed by atoms with Gasteiger partial charge in [-0.1, -0.05) is 6.08 Å². The minimum atomic E-state index is -0.732. The zero-order valence-electron chi connectivity index (χ0n) is 19.7. The Morgan fingerprint density at radius 2 is 1.94 bits per heavy atom. The zero-order chi connectivity index (χ0) is 25.1. The second-order valence-corrected chi connectivity index (χ2v) is 11.4. The molecule has 0 saturated carbocycles. The van der Waals surface area contributed by atoms with E-state index in [-0.39, 0.29) is 17.9 Å². The van der Waals surface area contributed by atoms with Crippen LogP contribution in [-0.2, 0) is 9.53 Å². The van der Waals surface area contributed by atoms with E-state index in [4.69, 9.17) is 10.5 Å². The highest BCUT2D eigenvalue weighted by Gasteiger charge is 2.41. The van der Waals surface area contributed by atoms with Crippen LogP contribution in [0.25, 0.3) is 0 Å². The van der Waals surface area contributed by atoms with E-state index in [1.807, 2.05) is 6.08 Å². The normalized spacial score (nSPS) is 20.7. The van der Waals surface area contributed by atoms with Gasteiger partial charge in [0.25, 0.3) is 5.91 Å². The van der Waals surface area contributed by atoms with Crippen molar-refractivity contribution in [2.24, 2.45) is 5.73 Å². The number of nitrogens with zero attached hydrogens (tertiary/aromatic N) is 2. The third-order valence-electron chi connectivity index (χ3n) is 5.89. The van der Waals surface area contributed by atoms with Crippen LogP contribution in [-0.4, -0.2) is 65.1 Å². The van der Waals surface area contributed by atoms with Gasteiger partial charge < -0.3 is 21.1 Å². The molecule has 0 aromatic carbocycles. The molecule has 3 rings (SSSR count). The summed E-state index contributed by atoms with van der Waals surface area (Å²) in [5.41, 5.74) is 5.76. The average Bonchev–Trinajstić information content (AvgIpc) is 3.19. The van der Waals surface area contributed by atoms with Gasteiger partial charge in [0.05, 0.1) is 11.6 Å². The largest absolute Gasteiger partial charge is 0.444 e. The second-order valence-electron chi connectivity index (χ2n) is 9.31. The van der Waals surface area contributed by atoms with Crippen LogP contribution in [0.15, 0.2) is 32.8 Å². The topological polar surface area (TPSA) is 139 Å². The molecule has 2 heterocycles. The number of likely N-dealkylation sites (tertiary alicyclic amines) is 1. The Balaban J connectivity index is 1.78. The van der Waals surface area contributed by atoms with Crippen LogP contribution < -0.4 is 21.7 Å². The van der Waals surface area contributed by atoms with Gasteiger partial charge in [-0.25, -0.2) is 9.78 Å². The van der Waals surface area contributed by atoms with Crippen molar-refractivity contribution >= 4 is 45.2 Å². The van der Waals surface area contributed by atoms with E-state index in [9.17, 15) is 14.4 Å². The first-order valence-electron chi connectivity index (χ1n) is 11.0. The molecule has 0 spiro atoms. The molecule has 1 aromatic rings. The fraction of sp³-hybridized carbons (Fsp3) is 0.545. The van der Waals surface area contributed by atoms with Crippen molar-refractivity contribution in [3.8, 4) is 0 Å². The number of allylic oxidation sites excluding steroid dienone is 1. The van der Waals surface area contributed by atoms with Crippen molar-refractivity contribution in [1.82, 2.24) is 25.8 Å². The number of hydrogen-bond donors (Lipinski definition) is 4. The molecule has 1 aliphatic heterocycles. The smallest absolute Gasteiger partial charge is 0.412 e. The molecule has 5 N–H and O–H groups in total.